The molecule has 5 nitrogen and oxygen atoms in total. The number of rotatable bonds is 5. The summed E-state index contributed by atoms with van der Waals surface area (Å²) in [5.74, 6) is -0.401. The van der Waals surface area contributed by atoms with Crippen molar-refractivity contribution in [3.63, 3.8) is 0 Å². The number of carbonyl (C=O) groups excluding carboxylic acids is 1. The second-order valence-corrected chi connectivity index (χ2v) is 11.0. The molecule has 0 bridgehead atoms. The van der Waals surface area contributed by atoms with Crippen LogP contribution < -0.4 is 0 Å². The number of carboxylic acid groups (broad SMARTS) is 1. The van der Waals surface area contributed by atoms with Crippen molar-refractivity contribution in [3.8, 4) is 0 Å². The van der Waals surface area contributed by atoms with E-state index in [9.17, 15) is 24.9 Å². The highest BCUT2D eigenvalue weighted by Gasteiger charge is 2.65. The summed E-state index contributed by atoms with van der Waals surface area (Å²) in [6, 6.07) is 0. The molecule has 0 aromatic carbocycles. The molecule has 0 aromatic rings. The second-order valence-electron chi connectivity index (χ2n) is 11.0. The number of carbonyl (C=O) groups is 1. The molecule has 3 unspecified atom stereocenters. The average Bonchev–Trinajstić information content (AvgIpc) is 3.03. The summed E-state index contributed by atoms with van der Waals surface area (Å²) in [5.41, 5.74) is -0.0642. The third-order valence-corrected chi connectivity index (χ3v) is 10.1. The SMILES string of the molecule is C[C@]12CC[C@H]3[C@@H](C(O)C(O)C4CCCC[C@@]43C)[C@@H]1CC[C@@H]2[C@@H](CC[C]=O)C(=O)O. The first-order valence-electron chi connectivity index (χ1n) is 11.7. The largest absolute Gasteiger partial charge is 0.481 e. The maximum Gasteiger partial charge on any atom is 0.306 e. The van der Waals surface area contributed by atoms with Gasteiger partial charge in [-0.05, 0) is 85.4 Å². The highest BCUT2D eigenvalue weighted by molar-refractivity contribution is 5.71. The minimum atomic E-state index is -0.808. The topological polar surface area (TPSA) is 94.8 Å². The minimum absolute atomic E-state index is 0.0283. The second kappa shape index (κ2) is 7.64. The van der Waals surface area contributed by atoms with E-state index in [-0.39, 0.29) is 40.9 Å². The molecule has 4 rings (SSSR count). The van der Waals surface area contributed by atoms with Crippen molar-refractivity contribution in [2.75, 3.05) is 0 Å². The molecular formula is C24H37O5. The van der Waals surface area contributed by atoms with Crippen molar-refractivity contribution < 1.29 is 24.9 Å². The van der Waals surface area contributed by atoms with E-state index in [2.05, 4.69) is 13.8 Å². The molecule has 0 aromatic heterocycles. The third kappa shape index (κ3) is 3.10. The molecule has 10 atom stereocenters. The quantitative estimate of drug-likeness (QED) is 0.650. The van der Waals surface area contributed by atoms with Crippen LogP contribution in [0.2, 0.25) is 0 Å². The molecular weight excluding hydrogens is 368 g/mol. The molecule has 4 saturated carbocycles. The monoisotopic (exact) mass is 405 g/mol. The van der Waals surface area contributed by atoms with Crippen LogP contribution in [0.4, 0.5) is 0 Å². The van der Waals surface area contributed by atoms with E-state index in [1.54, 1.807) is 0 Å². The van der Waals surface area contributed by atoms with Crippen molar-refractivity contribution >= 4 is 12.3 Å². The van der Waals surface area contributed by atoms with E-state index in [0.717, 1.165) is 44.9 Å². The molecule has 4 aliphatic rings. The highest BCUT2D eigenvalue weighted by atomic mass is 16.4. The maximum absolute atomic E-state index is 12.0. The van der Waals surface area contributed by atoms with Crippen LogP contribution in [0.15, 0.2) is 0 Å². The fraction of sp³-hybridized carbons (Fsp3) is 0.917. The molecule has 0 aliphatic heterocycles. The number of hydrogen-bond donors (Lipinski definition) is 3. The first-order chi connectivity index (χ1) is 13.8. The van der Waals surface area contributed by atoms with Gasteiger partial charge in [0.1, 0.15) is 0 Å². The van der Waals surface area contributed by atoms with Gasteiger partial charge in [0.15, 0.2) is 6.29 Å². The average molecular weight is 406 g/mol. The summed E-state index contributed by atoms with van der Waals surface area (Å²) >= 11 is 0. The first-order valence-corrected chi connectivity index (χ1v) is 11.7. The Bertz CT molecular complexity index is 649. The van der Waals surface area contributed by atoms with Gasteiger partial charge in [0.25, 0.3) is 0 Å². The molecule has 163 valence electrons. The van der Waals surface area contributed by atoms with Gasteiger partial charge in [-0.25, -0.2) is 0 Å². The fourth-order valence-corrected chi connectivity index (χ4v) is 8.73. The van der Waals surface area contributed by atoms with Crippen LogP contribution in [-0.4, -0.2) is 39.8 Å². The lowest BCUT2D eigenvalue weighted by Crippen LogP contribution is -2.63. The summed E-state index contributed by atoms with van der Waals surface area (Å²) in [6.45, 7) is 4.57. The Morgan fingerprint density at radius 1 is 0.966 bits per heavy atom. The number of aliphatic carboxylic acids is 1. The Morgan fingerprint density at radius 2 is 1.69 bits per heavy atom. The van der Waals surface area contributed by atoms with Crippen LogP contribution in [0.5, 0.6) is 0 Å². The van der Waals surface area contributed by atoms with Crippen molar-refractivity contribution in [2.45, 2.75) is 90.3 Å². The number of aliphatic hydroxyl groups is 2. The van der Waals surface area contributed by atoms with Crippen LogP contribution in [0, 0.1) is 46.3 Å². The van der Waals surface area contributed by atoms with Crippen molar-refractivity contribution in [1.29, 1.82) is 0 Å². The molecule has 0 amide bonds. The van der Waals surface area contributed by atoms with Crippen LogP contribution in [-0.2, 0) is 9.59 Å². The maximum atomic E-state index is 12.0. The Labute approximate surface area is 174 Å². The molecule has 5 heteroatoms. The minimum Gasteiger partial charge on any atom is -0.481 e. The van der Waals surface area contributed by atoms with Crippen molar-refractivity contribution in [1.82, 2.24) is 0 Å². The zero-order chi connectivity index (χ0) is 21.0. The van der Waals surface area contributed by atoms with Gasteiger partial charge in [0.2, 0.25) is 0 Å². The molecule has 0 saturated heterocycles. The van der Waals surface area contributed by atoms with Gasteiger partial charge in [0.05, 0.1) is 18.1 Å². The molecule has 4 aliphatic carbocycles. The molecule has 1 radical (unpaired) electrons. The predicted octanol–water partition coefficient (Wildman–Crippen LogP) is 3.57. The van der Waals surface area contributed by atoms with E-state index < -0.39 is 24.1 Å². The highest BCUT2D eigenvalue weighted by Crippen LogP contribution is 2.68. The number of fused-ring (bicyclic) bond motifs is 5. The summed E-state index contributed by atoms with van der Waals surface area (Å²) in [6.07, 6.45) is 9.25. The lowest BCUT2D eigenvalue weighted by Gasteiger charge is -2.63. The van der Waals surface area contributed by atoms with E-state index in [0.29, 0.717) is 12.3 Å². The smallest absolute Gasteiger partial charge is 0.306 e. The van der Waals surface area contributed by atoms with Crippen LogP contribution in [0.25, 0.3) is 0 Å². The number of hydrogen-bond acceptors (Lipinski definition) is 4. The lowest BCUT2D eigenvalue weighted by atomic mass is 9.43. The number of carboxylic acids is 1. The van der Waals surface area contributed by atoms with Gasteiger partial charge in [0, 0.05) is 6.42 Å². The first kappa shape index (κ1) is 21.3. The van der Waals surface area contributed by atoms with E-state index in [1.165, 1.54) is 6.42 Å². The Hall–Kier alpha value is -0.940. The van der Waals surface area contributed by atoms with Crippen molar-refractivity contribution in [3.05, 3.63) is 0 Å². The Morgan fingerprint density at radius 3 is 2.38 bits per heavy atom. The standard InChI is InChI=1S/C24H37O5/c1-23-11-4-3-7-18(23)20(26)21(27)19-16-9-8-15(14(22(28)29)6-5-13-25)24(16,2)12-10-17(19)23/h14-21,26-27H,3-12H2,1-2H3,(H,28,29)/t14-,15-,16+,17+,18?,19+,20?,21?,23-,24-/m1/s1. The van der Waals surface area contributed by atoms with Crippen LogP contribution in [0.1, 0.15) is 78.1 Å². The van der Waals surface area contributed by atoms with E-state index >= 15 is 0 Å². The zero-order valence-electron chi connectivity index (χ0n) is 17.8. The Balaban J connectivity index is 1.65. The van der Waals surface area contributed by atoms with Gasteiger partial charge in [-0.15, -0.1) is 0 Å². The molecule has 0 heterocycles. The van der Waals surface area contributed by atoms with Gasteiger partial charge in [-0.1, -0.05) is 26.7 Å². The fourth-order valence-electron chi connectivity index (χ4n) is 8.73. The summed E-state index contributed by atoms with van der Waals surface area (Å²) < 4.78 is 0. The summed E-state index contributed by atoms with van der Waals surface area (Å²) in [5, 5.41) is 32.2. The molecule has 3 N–H and O–H groups in total. The Kier molecular flexibility index (Phi) is 5.61. The van der Waals surface area contributed by atoms with Gasteiger partial charge < -0.3 is 15.3 Å². The third-order valence-electron chi connectivity index (χ3n) is 10.1. The van der Waals surface area contributed by atoms with Gasteiger partial charge in [-0.3, -0.25) is 9.59 Å². The molecule has 4 fully saturated rings. The summed E-state index contributed by atoms with van der Waals surface area (Å²) in [7, 11) is 0. The van der Waals surface area contributed by atoms with E-state index in [1.807, 2.05) is 6.29 Å². The van der Waals surface area contributed by atoms with Crippen LogP contribution in [0.3, 0.4) is 0 Å². The van der Waals surface area contributed by atoms with Gasteiger partial charge in [-0.2, -0.15) is 0 Å². The van der Waals surface area contributed by atoms with Crippen LogP contribution >= 0.6 is 0 Å². The zero-order valence-corrected chi connectivity index (χ0v) is 17.8. The van der Waals surface area contributed by atoms with E-state index in [4.69, 9.17) is 0 Å². The van der Waals surface area contributed by atoms with Gasteiger partial charge >= 0.3 is 5.97 Å². The summed E-state index contributed by atoms with van der Waals surface area (Å²) in [4.78, 5) is 22.8. The predicted molar refractivity (Wildman–Crippen MR) is 109 cm³/mol. The normalized spacial score (nSPS) is 50.1. The number of aliphatic hydroxyl groups excluding tert-OH is 2. The lowest BCUT2D eigenvalue weighted by molar-refractivity contribution is -0.215. The van der Waals surface area contributed by atoms with Crippen molar-refractivity contribution in [2.24, 2.45) is 46.3 Å². The molecule has 29 heavy (non-hydrogen) atoms. The molecule has 0 spiro atoms.